The zero-order valence-electron chi connectivity index (χ0n) is 10.5. The van der Waals surface area contributed by atoms with Crippen LogP contribution in [0, 0.1) is 0 Å². The lowest BCUT2D eigenvalue weighted by atomic mass is 9.80. The van der Waals surface area contributed by atoms with Gasteiger partial charge in [-0.25, -0.2) is 4.98 Å². The molecule has 0 bridgehead atoms. The lowest BCUT2D eigenvalue weighted by Crippen LogP contribution is -2.43. The second-order valence-electron chi connectivity index (χ2n) is 5.16. The van der Waals surface area contributed by atoms with E-state index in [9.17, 15) is 5.11 Å². The standard InChI is InChI=1S/C12H22N4O/c1-2-6-16-11(14-9-15-16)8-12(17)5-3-4-10(13)7-12/h9-10,17H,2-8,13H2,1H3. The fraction of sp³-hybridized carbons (Fsp3) is 0.833. The molecule has 1 aliphatic carbocycles. The van der Waals surface area contributed by atoms with E-state index in [-0.39, 0.29) is 6.04 Å². The molecule has 1 heterocycles. The third-order valence-electron chi connectivity index (χ3n) is 3.48. The lowest BCUT2D eigenvalue weighted by molar-refractivity contribution is -0.00443. The highest BCUT2D eigenvalue weighted by Gasteiger charge is 2.34. The largest absolute Gasteiger partial charge is 0.389 e. The third kappa shape index (κ3) is 3.04. The zero-order valence-corrected chi connectivity index (χ0v) is 10.5. The van der Waals surface area contributed by atoms with Crippen molar-refractivity contribution >= 4 is 0 Å². The van der Waals surface area contributed by atoms with E-state index < -0.39 is 5.60 Å². The smallest absolute Gasteiger partial charge is 0.138 e. The van der Waals surface area contributed by atoms with Crippen molar-refractivity contribution in [3.63, 3.8) is 0 Å². The molecule has 1 aliphatic rings. The van der Waals surface area contributed by atoms with E-state index in [2.05, 4.69) is 17.0 Å². The average Bonchev–Trinajstić information content (AvgIpc) is 2.65. The molecule has 5 nitrogen and oxygen atoms in total. The van der Waals surface area contributed by atoms with E-state index in [1.807, 2.05) is 4.68 Å². The van der Waals surface area contributed by atoms with E-state index >= 15 is 0 Å². The van der Waals surface area contributed by atoms with Crippen LogP contribution in [0.15, 0.2) is 6.33 Å². The van der Waals surface area contributed by atoms with E-state index in [1.165, 1.54) is 0 Å². The number of nitrogens with zero attached hydrogens (tertiary/aromatic N) is 3. The molecule has 1 aromatic heterocycles. The molecule has 2 atom stereocenters. The molecule has 5 heteroatoms. The van der Waals surface area contributed by atoms with E-state index in [1.54, 1.807) is 6.33 Å². The van der Waals surface area contributed by atoms with Crippen molar-refractivity contribution in [2.75, 3.05) is 0 Å². The maximum absolute atomic E-state index is 10.5. The van der Waals surface area contributed by atoms with Crippen molar-refractivity contribution in [3.8, 4) is 0 Å². The first-order valence-corrected chi connectivity index (χ1v) is 6.47. The molecule has 0 saturated heterocycles. The molecule has 0 spiro atoms. The van der Waals surface area contributed by atoms with Crippen LogP contribution in [0.4, 0.5) is 0 Å². The minimum absolute atomic E-state index is 0.122. The van der Waals surface area contributed by atoms with Gasteiger partial charge in [-0.1, -0.05) is 6.92 Å². The fourth-order valence-electron chi connectivity index (χ4n) is 2.66. The molecule has 2 rings (SSSR count). The maximum Gasteiger partial charge on any atom is 0.138 e. The third-order valence-corrected chi connectivity index (χ3v) is 3.48. The highest BCUT2D eigenvalue weighted by molar-refractivity contribution is 4.98. The van der Waals surface area contributed by atoms with Gasteiger partial charge in [-0.05, 0) is 32.1 Å². The lowest BCUT2D eigenvalue weighted by Gasteiger charge is -2.35. The molecule has 0 amide bonds. The van der Waals surface area contributed by atoms with Crippen LogP contribution in [0.2, 0.25) is 0 Å². The summed E-state index contributed by atoms with van der Waals surface area (Å²) in [6.07, 6.45) is 6.67. The van der Waals surface area contributed by atoms with E-state index in [4.69, 9.17) is 5.73 Å². The highest BCUT2D eigenvalue weighted by Crippen LogP contribution is 2.30. The first-order valence-electron chi connectivity index (χ1n) is 6.47. The predicted molar refractivity (Wildman–Crippen MR) is 65.4 cm³/mol. The van der Waals surface area contributed by atoms with Gasteiger partial charge in [-0.15, -0.1) is 0 Å². The summed E-state index contributed by atoms with van der Waals surface area (Å²) < 4.78 is 1.89. The van der Waals surface area contributed by atoms with Crippen molar-refractivity contribution in [2.24, 2.45) is 5.73 Å². The van der Waals surface area contributed by atoms with Crippen LogP contribution < -0.4 is 5.73 Å². The molecule has 1 fully saturated rings. The molecule has 1 aromatic rings. The SMILES string of the molecule is CCCn1ncnc1CC1(O)CCCC(N)C1. The Labute approximate surface area is 102 Å². The van der Waals surface area contributed by atoms with Crippen LogP contribution in [0.3, 0.4) is 0 Å². The molecule has 0 radical (unpaired) electrons. The van der Waals surface area contributed by atoms with Gasteiger partial charge < -0.3 is 10.8 Å². The van der Waals surface area contributed by atoms with Crippen LogP contribution in [0.25, 0.3) is 0 Å². The first kappa shape index (κ1) is 12.5. The molecule has 3 N–H and O–H groups in total. The van der Waals surface area contributed by atoms with Crippen LogP contribution in [0.5, 0.6) is 0 Å². The van der Waals surface area contributed by atoms with Crippen molar-refractivity contribution in [3.05, 3.63) is 12.2 Å². The van der Waals surface area contributed by atoms with Crippen LogP contribution >= 0.6 is 0 Å². The molecule has 0 aromatic carbocycles. The molecule has 1 saturated carbocycles. The number of aryl methyl sites for hydroxylation is 1. The monoisotopic (exact) mass is 238 g/mol. The number of hydrogen-bond acceptors (Lipinski definition) is 4. The quantitative estimate of drug-likeness (QED) is 0.815. The minimum Gasteiger partial charge on any atom is -0.389 e. The Morgan fingerprint density at radius 1 is 1.65 bits per heavy atom. The summed E-state index contributed by atoms with van der Waals surface area (Å²) in [6.45, 7) is 2.97. The first-order chi connectivity index (χ1) is 8.13. The molecular weight excluding hydrogens is 216 g/mol. The number of nitrogens with two attached hydrogens (primary N) is 1. The summed E-state index contributed by atoms with van der Waals surface area (Å²) in [5.41, 5.74) is 5.25. The van der Waals surface area contributed by atoms with Crippen LogP contribution in [-0.4, -0.2) is 31.5 Å². The Balaban J connectivity index is 2.05. The molecule has 0 aliphatic heterocycles. The van der Waals surface area contributed by atoms with Gasteiger partial charge in [0.1, 0.15) is 12.2 Å². The Morgan fingerprint density at radius 3 is 3.18 bits per heavy atom. The van der Waals surface area contributed by atoms with Gasteiger partial charge >= 0.3 is 0 Å². The highest BCUT2D eigenvalue weighted by atomic mass is 16.3. The number of hydrogen-bond donors (Lipinski definition) is 2. The van der Waals surface area contributed by atoms with Gasteiger partial charge in [0.2, 0.25) is 0 Å². The summed E-state index contributed by atoms with van der Waals surface area (Å²) in [4.78, 5) is 4.25. The summed E-state index contributed by atoms with van der Waals surface area (Å²) in [5.74, 6) is 0.878. The fourth-order valence-corrected chi connectivity index (χ4v) is 2.66. The van der Waals surface area contributed by atoms with Gasteiger partial charge in [0.15, 0.2) is 0 Å². The summed E-state index contributed by atoms with van der Waals surface area (Å²) in [6, 6.07) is 0.122. The number of rotatable bonds is 4. The Morgan fingerprint density at radius 2 is 2.47 bits per heavy atom. The topological polar surface area (TPSA) is 77.0 Å². The zero-order chi connectivity index (χ0) is 12.3. The average molecular weight is 238 g/mol. The van der Waals surface area contributed by atoms with Crippen LogP contribution in [0.1, 0.15) is 44.9 Å². The normalized spacial score (nSPS) is 29.5. The van der Waals surface area contributed by atoms with Crippen LogP contribution in [-0.2, 0) is 13.0 Å². The van der Waals surface area contributed by atoms with Gasteiger partial charge in [0.05, 0.1) is 5.60 Å². The number of aliphatic hydroxyl groups is 1. The Hall–Kier alpha value is -0.940. The van der Waals surface area contributed by atoms with Crippen molar-refractivity contribution in [1.29, 1.82) is 0 Å². The minimum atomic E-state index is -0.684. The molecule has 2 unspecified atom stereocenters. The molecule has 17 heavy (non-hydrogen) atoms. The summed E-state index contributed by atoms with van der Waals surface area (Å²) >= 11 is 0. The Bertz CT molecular complexity index is 365. The van der Waals surface area contributed by atoms with Crippen molar-refractivity contribution < 1.29 is 5.11 Å². The van der Waals surface area contributed by atoms with Crippen molar-refractivity contribution in [2.45, 2.75) is 63.6 Å². The number of aromatic nitrogens is 3. The Kier molecular flexibility index (Phi) is 3.79. The van der Waals surface area contributed by atoms with Gasteiger partial charge in [0, 0.05) is 19.0 Å². The summed E-state index contributed by atoms with van der Waals surface area (Å²) in [7, 11) is 0. The molecular formula is C12H22N4O. The second-order valence-corrected chi connectivity index (χ2v) is 5.16. The maximum atomic E-state index is 10.5. The predicted octanol–water partition coefficient (Wildman–Crippen LogP) is 0.863. The van der Waals surface area contributed by atoms with Gasteiger partial charge in [-0.2, -0.15) is 5.10 Å². The van der Waals surface area contributed by atoms with E-state index in [0.29, 0.717) is 12.8 Å². The second kappa shape index (κ2) is 5.14. The van der Waals surface area contributed by atoms with Gasteiger partial charge in [-0.3, -0.25) is 4.68 Å². The van der Waals surface area contributed by atoms with Gasteiger partial charge in [0.25, 0.3) is 0 Å². The van der Waals surface area contributed by atoms with E-state index in [0.717, 1.165) is 38.1 Å². The van der Waals surface area contributed by atoms with Crippen molar-refractivity contribution in [1.82, 2.24) is 14.8 Å². The summed E-state index contributed by atoms with van der Waals surface area (Å²) in [5, 5.41) is 14.7. The molecule has 96 valence electrons.